The lowest BCUT2D eigenvalue weighted by atomic mass is 9.84. The van der Waals surface area contributed by atoms with Crippen molar-refractivity contribution in [3.8, 4) is 0 Å². The van der Waals surface area contributed by atoms with Gasteiger partial charge in [0.25, 0.3) is 0 Å². The number of rotatable bonds is 14. The monoisotopic (exact) mass is 356 g/mol. The van der Waals surface area contributed by atoms with Crippen LogP contribution in [0.5, 0.6) is 0 Å². The van der Waals surface area contributed by atoms with Crippen LogP contribution in [-0.4, -0.2) is 39.3 Å². The summed E-state index contributed by atoms with van der Waals surface area (Å²) in [4.78, 5) is 22.4. The maximum absolute atomic E-state index is 12.0. The number of ketones is 1. The predicted molar refractivity (Wildman–Crippen MR) is 97.3 cm³/mol. The van der Waals surface area contributed by atoms with E-state index in [2.05, 4.69) is 6.92 Å². The number of carbonyl (C=O) groups is 2. The van der Waals surface area contributed by atoms with Gasteiger partial charge in [-0.3, -0.25) is 9.59 Å². The maximum Gasteiger partial charge on any atom is 0.303 e. The van der Waals surface area contributed by atoms with Gasteiger partial charge in [0.1, 0.15) is 5.78 Å². The van der Waals surface area contributed by atoms with Gasteiger partial charge < -0.3 is 15.3 Å². The number of carboxylic acids is 1. The lowest BCUT2D eigenvalue weighted by Gasteiger charge is -2.23. The molecule has 3 N–H and O–H groups in total. The van der Waals surface area contributed by atoms with Crippen molar-refractivity contribution in [3.05, 3.63) is 0 Å². The summed E-state index contributed by atoms with van der Waals surface area (Å²) in [6, 6.07) is 0. The largest absolute Gasteiger partial charge is 0.481 e. The fraction of sp³-hybridized carbons (Fsp3) is 0.900. The molecular formula is C20H36O5. The number of aliphatic carboxylic acids is 1. The third kappa shape index (κ3) is 8.82. The number of hydrogen-bond donors (Lipinski definition) is 3. The first kappa shape index (κ1) is 22.1. The van der Waals surface area contributed by atoms with Crippen LogP contribution in [0.15, 0.2) is 0 Å². The van der Waals surface area contributed by atoms with Crippen LogP contribution in [0.25, 0.3) is 0 Å². The molecule has 0 amide bonds. The molecule has 0 saturated heterocycles. The Hall–Kier alpha value is -0.940. The zero-order valence-corrected chi connectivity index (χ0v) is 15.7. The Labute approximate surface area is 151 Å². The summed E-state index contributed by atoms with van der Waals surface area (Å²) in [5, 5.41) is 29.1. The van der Waals surface area contributed by atoms with Crippen molar-refractivity contribution in [1.29, 1.82) is 0 Å². The van der Waals surface area contributed by atoms with Crippen molar-refractivity contribution in [2.45, 2.75) is 103 Å². The highest BCUT2D eigenvalue weighted by molar-refractivity contribution is 5.78. The third-order valence-corrected chi connectivity index (χ3v) is 5.52. The smallest absolute Gasteiger partial charge is 0.303 e. The van der Waals surface area contributed by atoms with Crippen molar-refractivity contribution in [2.75, 3.05) is 0 Å². The minimum Gasteiger partial charge on any atom is -0.481 e. The Kier molecular flexibility index (Phi) is 11.0. The zero-order valence-electron chi connectivity index (χ0n) is 15.7. The number of aliphatic hydroxyl groups excluding tert-OH is 2. The van der Waals surface area contributed by atoms with E-state index in [9.17, 15) is 19.8 Å². The molecule has 0 aromatic carbocycles. The second-order valence-electron chi connectivity index (χ2n) is 7.58. The van der Waals surface area contributed by atoms with E-state index in [-0.39, 0.29) is 24.0 Å². The number of carboxylic acid groups (broad SMARTS) is 1. The summed E-state index contributed by atoms with van der Waals surface area (Å²) in [6.07, 6.45) is 8.93. The van der Waals surface area contributed by atoms with E-state index in [0.29, 0.717) is 32.1 Å². The summed E-state index contributed by atoms with van der Waals surface area (Å²) in [5.74, 6) is -0.394. The highest BCUT2D eigenvalue weighted by Gasteiger charge is 2.40. The van der Waals surface area contributed by atoms with Gasteiger partial charge in [0.15, 0.2) is 0 Å². The van der Waals surface area contributed by atoms with Crippen LogP contribution in [0.2, 0.25) is 0 Å². The van der Waals surface area contributed by atoms with Gasteiger partial charge >= 0.3 is 5.97 Å². The first-order valence-electron chi connectivity index (χ1n) is 10.0. The van der Waals surface area contributed by atoms with Crippen molar-refractivity contribution in [1.82, 2.24) is 0 Å². The Bertz CT molecular complexity index is 396. The lowest BCUT2D eigenvalue weighted by molar-refractivity contribution is -0.137. The third-order valence-electron chi connectivity index (χ3n) is 5.52. The van der Waals surface area contributed by atoms with Crippen LogP contribution < -0.4 is 0 Å². The van der Waals surface area contributed by atoms with Crippen LogP contribution in [0.3, 0.4) is 0 Å². The van der Waals surface area contributed by atoms with Crippen LogP contribution in [-0.2, 0) is 9.59 Å². The van der Waals surface area contributed by atoms with Crippen molar-refractivity contribution in [3.63, 3.8) is 0 Å². The molecule has 5 nitrogen and oxygen atoms in total. The molecule has 0 spiro atoms. The molecule has 1 aliphatic rings. The fourth-order valence-corrected chi connectivity index (χ4v) is 4.02. The van der Waals surface area contributed by atoms with E-state index < -0.39 is 18.2 Å². The molecular weight excluding hydrogens is 320 g/mol. The molecule has 146 valence electrons. The van der Waals surface area contributed by atoms with E-state index in [0.717, 1.165) is 44.9 Å². The number of unbranched alkanes of at least 4 members (excludes halogenated alkanes) is 5. The number of carbonyl (C=O) groups excluding carboxylic acids is 1. The summed E-state index contributed by atoms with van der Waals surface area (Å²) >= 11 is 0. The van der Waals surface area contributed by atoms with E-state index >= 15 is 0 Å². The number of Topliss-reactive ketones (excluding diaryl/α,β-unsaturated/α-hetero) is 1. The molecule has 1 saturated carbocycles. The topological polar surface area (TPSA) is 94.8 Å². The molecule has 1 aliphatic carbocycles. The van der Waals surface area contributed by atoms with Crippen LogP contribution >= 0.6 is 0 Å². The van der Waals surface area contributed by atoms with Crippen molar-refractivity contribution in [2.24, 2.45) is 11.8 Å². The minimum atomic E-state index is -0.752. The van der Waals surface area contributed by atoms with Crippen LogP contribution in [0, 0.1) is 11.8 Å². The highest BCUT2D eigenvalue weighted by Crippen LogP contribution is 2.39. The molecule has 0 radical (unpaired) electrons. The van der Waals surface area contributed by atoms with E-state index in [1.165, 1.54) is 0 Å². The molecule has 0 aromatic heterocycles. The molecule has 4 atom stereocenters. The molecule has 0 aliphatic heterocycles. The quantitative estimate of drug-likeness (QED) is 0.413. The summed E-state index contributed by atoms with van der Waals surface area (Å²) in [6.45, 7) is 2.12. The predicted octanol–water partition coefficient (Wildman–Crippen LogP) is 3.70. The molecule has 1 rings (SSSR count). The lowest BCUT2D eigenvalue weighted by Crippen LogP contribution is -2.23. The molecule has 0 heterocycles. The van der Waals surface area contributed by atoms with Crippen LogP contribution in [0.1, 0.15) is 90.4 Å². The average Bonchev–Trinajstić information content (AvgIpc) is 2.82. The summed E-state index contributed by atoms with van der Waals surface area (Å²) < 4.78 is 0. The van der Waals surface area contributed by atoms with Gasteiger partial charge in [-0.2, -0.15) is 0 Å². The zero-order chi connectivity index (χ0) is 18.7. The van der Waals surface area contributed by atoms with E-state index in [1.807, 2.05) is 0 Å². The van der Waals surface area contributed by atoms with Crippen LogP contribution in [0.4, 0.5) is 0 Å². The van der Waals surface area contributed by atoms with Crippen molar-refractivity contribution < 1.29 is 24.9 Å². The van der Waals surface area contributed by atoms with Gasteiger partial charge in [0.05, 0.1) is 12.2 Å². The molecule has 5 heteroatoms. The Morgan fingerprint density at radius 2 is 1.40 bits per heavy atom. The Balaban J connectivity index is 2.30. The maximum atomic E-state index is 12.0. The summed E-state index contributed by atoms with van der Waals surface area (Å²) in [7, 11) is 0. The molecule has 0 bridgehead atoms. The highest BCUT2D eigenvalue weighted by atomic mass is 16.4. The number of aliphatic hydroxyl groups is 2. The van der Waals surface area contributed by atoms with E-state index in [4.69, 9.17) is 5.11 Å². The summed E-state index contributed by atoms with van der Waals surface area (Å²) in [5.41, 5.74) is 0. The van der Waals surface area contributed by atoms with Gasteiger partial charge in [0, 0.05) is 19.3 Å². The average molecular weight is 357 g/mol. The Morgan fingerprint density at radius 1 is 0.800 bits per heavy atom. The molecule has 1 fully saturated rings. The van der Waals surface area contributed by atoms with Gasteiger partial charge in [0.2, 0.25) is 0 Å². The van der Waals surface area contributed by atoms with Gasteiger partial charge in [-0.05, 0) is 43.9 Å². The second-order valence-corrected chi connectivity index (χ2v) is 7.58. The molecule has 25 heavy (non-hydrogen) atoms. The van der Waals surface area contributed by atoms with E-state index in [1.54, 1.807) is 0 Å². The standard InChI is InChI=1S/C20H36O5/c1-2-3-6-9-15(21)12-13-17-16(18(22)14-19(17)23)10-7-4-5-8-11-20(24)25/h16-19,22-23H,2-14H2,1H3,(H,24,25)/t16-,17+,18-,19+/m1/s1. The Morgan fingerprint density at radius 3 is 2.04 bits per heavy atom. The first-order chi connectivity index (χ1) is 12.0. The fourth-order valence-electron chi connectivity index (χ4n) is 4.02. The van der Waals surface area contributed by atoms with Gasteiger partial charge in [-0.15, -0.1) is 0 Å². The second kappa shape index (κ2) is 12.4. The number of hydrogen-bond acceptors (Lipinski definition) is 4. The van der Waals surface area contributed by atoms with Gasteiger partial charge in [-0.25, -0.2) is 0 Å². The van der Waals surface area contributed by atoms with Gasteiger partial charge in [-0.1, -0.05) is 39.0 Å². The first-order valence-corrected chi connectivity index (χ1v) is 10.0. The molecule has 0 aromatic rings. The van der Waals surface area contributed by atoms with Crippen molar-refractivity contribution >= 4 is 11.8 Å². The SMILES string of the molecule is CCCCCC(=O)CC[C@H]1[C@@H](CCCCCCC(=O)O)[C@H](O)C[C@@H]1O. The normalized spacial score (nSPS) is 26.0. The minimum absolute atomic E-state index is 0.0177. The molecule has 0 unspecified atom stereocenters.